The Hall–Kier alpha value is -2.13. The molecule has 132 valence electrons. The van der Waals surface area contributed by atoms with Crippen LogP contribution in [0.2, 0.25) is 5.02 Å². The van der Waals surface area contributed by atoms with E-state index in [9.17, 15) is 4.79 Å². The highest BCUT2D eigenvalue weighted by Crippen LogP contribution is 2.37. The Morgan fingerprint density at radius 3 is 2.28 bits per heavy atom. The normalized spacial score (nSPS) is 11.2. The minimum Gasteiger partial charge on any atom is -0.352 e. The molecule has 0 unspecified atom stereocenters. The van der Waals surface area contributed by atoms with Crippen molar-refractivity contribution >= 4 is 23.1 Å². The first-order valence-electron chi connectivity index (χ1n) is 8.61. The molecule has 1 aromatic heterocycles. The molecular formula is C21H25ClN2O. The minimum atomic E-state index is -0.455. The van der Waals surface area contributed by atoms with Crippen molar-refractivity contribution < 1.29 is 4.79 Å². The summed E-state index contributed by atoms with van der Waals surface area (Å²) in [7, 11) is 0. The van der Waals surface area contributed by atoms with Crippen molar-refractivity contribution in [3.8, 4) is 0 Å². The van der Waals surface area contributed by atoms with E-state index in [2.05, 4.69) is 30.7 Å². The number of carbonyl (C=O) groups excluding carboxylic acids is 1. The van der Waals surface area contributed by atoms with Crippen LogP contribution >= 0.6 is 11.6 Å². The third-order valence-electron chi connectivity index (χ3n) is 4.84. The van der Waals surface area contributed by atoms with Crippen LogP contribution in [0.3, 0.4) is 0 Å². The van der Waals surface area contributed by atoms with Crippen molar-refractivity contribution in [1.82, 2.24) is 10.3 Å². The largest absolute Gasteiger partial charge is 0.352 e. The number of benzene rings is 1. The lowest BCUT2D eigenvalue weighted by Gasteiger charge is -2.31. The molecule has 1 aromatic carbocycles. The molecule has 0 spiro atoms. The lowest BCUT2D eigenvalue weighted by Crippen LogP contribution is -2.40. The van der Waals surface area contributed by atoms with Crippen molar-refractivity contribution in [3.63, 3.8) is 0 Å². The third kappa shape index (κ3) is 4.93. The molecule has 4 heteroatoms. The lowest BCUT2D eigenvalue weighted by molar-refractivity contribution is -0.131. The fourth-order valence-corrected chi connectivity index (χ4v) is 3.09. The molecule has 0 fully saturated rings. The van der Waals surface area contributed by atoms with Gasteiger partial charge in [0.1, 0.15) is 0 Å². The van der Waals surface area contributed by atoms with Crippen LogP contribution in [0.5, 0.6) is 0 Å². The highest BCUT2D eigenvalue weighted by Gasteiger charge is 2.35. The maximum Gasteiger partial charge on any atom is 0.226 e. The van der Waals surface area contributed by atoms with Crippen molar-refractivity contribution in [2.45, 2.75) is 39.7 Å². The van der Waals surface area contributed by atoms with Gasteiger partial charge in [0.2, 0.25) is 5.91 Å². The summed E-state index contributed by atoms with van der Waals surface area (Å²) in [5.41, 5.74) is 2.57. The van der Waals surface area contributed by atoms with E-state index in [0.717, 1.165) is 29.5 Å². The van der Waals surface area contributed by atoms with Gasteiger partial charge in [-0.3, -0.25) is 9.78 Å². The molecule has 0 aliphatic carbocycles. The van der Waals surface area contributed by atoms with Gasteiger partial charge in [0, 0.05) is 24.0 Å². The van der Waals surface area contributed by atoms with Crippen LogP contribution in [-0.4, -0.2) is 10.9 Å². The number of allylic oxidation sites excluding steroid dienone is 1. The summed E-state index contributed by atoms with van der Waals surface area (Å²) in [6.45, 7) is 8.84. The van der Waals surface area contributed by atoms with Gasteiger partial charge in [0.05, 0.1) is 5.41 Å². The zero-order valence-electron chi connectivity index (χ0n) is 14.9. The second kappa shape index (κ2) is 8.82. The molecule has 0 saturated heterocycles. The topological polar surface area (TPSA) is 42.0 Å². The van der Waals surface area contributed by atoms with Gasteiger partial charge in [0.25, 0.3) is 0 Å². The summed E-state index contributed by atoms with van der Waals surface area (Å²) in [5, 5.41) is 3.78. The van der Waals surface area contributed by atoms with E-state index < -0.39 is 5.41 Å². The monoisotopic (exact) mass is 356 g/mol. The molecule has 1 heterocycles. The molecule has 3 nitrogen and oxygen atoms in total. The Labute approximate surface area is 155 Å². The van der Waals surface area contributed by atoms with E-state index in [-0.39, 0.29) is 5.91 Å². The molecule has 2 rings (SSSR count). The van der Waals surface area contributed by atoms with Crippen LogP contribution in [0.1, 0.15) is 44.2 Å². The van der Waals surface area contributed by atoms with E-state index in [1.165, 1.54) is 0 Å². The zero-order chi connectivity index (χ0) is 18.3. The summed E-state index contributed by atoms with van der Waals surface area (Å²) < 4.78 is 0. The van der Waals surface area contributed by atoms with Gasteiger partial charge in [-0.15, -0.1) is 0 Å². The molecule has 0 saturated carbocycles. The molecule has 0 bridgehead atoms. The number of hydrogen-bond acceptors (Lipinski definition) is 2. The second-order valence-corrected chi connectivity index (χ2v) is 6.75. The average Bonchev–Trinajstić information content (AvgIpc) is 2.65. The Bertz CT molecular complexity index is 706. The second-order valence-electron chi connectivity index (χ2n) is 6.31. The Kier molecular flexibility index (Phi) is 6.77. The predicted molar refractivity (Wildman–Crippen MR) is 104 cm³/mol. The highest BCUT2D eigenvalue weighted by molar-refractivity contribution is 6.30. The number of pyridine rings is 1. The predicted octanol–water partition coefficient (Wildman–Crippen LogP) is 5.26. The van der Waals surface area contributed by atoms with Crippen LogP contribution in [0.15, 0.2) is 55.4 Å². The van der Waals surface area contributed by atoms with E-state index in [1.54, 1.807) is 12.4 Å². The van der Waals surface area contributed by atoms with Gasteiger partial charge in [-0.25, -0.2) is 0 Å². The fourth-order valence-electron chi connectivity index (χ4n) is 2.97. The van der Waals surface area contributed by atoms with Crippen LogP contribution < -0.4 is 5.32 Å². The Balaban J connectivity index is 2.09. The summed E-state index contributed by atoms with van der Waals surface area (Å²) >= 11 is 5.96. The van der Waals surface area contributed by atoms with Crippen LogP contribution in [0.25, 0.3) is 5.57 Å². The quantitative estimate of drug-likeness (QED) is 0.700. The summed E-state index contributed by atoms with van der Waals surface area (Å²) in [6, 6.07) is 11.4. The summed E-state index contributed by atoms with van der Waals surface area (Å²) in [6.07, 6.45) is 5.62. The lowest BCUT2D eigenvalue weighted by atomic mass is 9.75. The number of aromatic nitrogens is 1. The highest BCUT2D eigenvalue weighted by atomic mass is 35.5. The van der Waals surface area contributed by atoms with Gasteiger partial charge < -0.3 is 5.32 Å². The van der Waals surface area contributed by atoms with E-state index in [0.29, 0.717) is 18.0 Å². The molecule has 0 radical (unpaired) electrons. The fraction of sp³-hybridized carbons (Fsp3) is 0.333. The Morgan fingerprint density at radius 1 is 1.12 bits per heavy atom. The van der Waals surface area contributed by atoms with Crippen LogP contribution in [0, 0.1) is 5.41 Å². The van der Waals surface area contributed by atoms with Gasteiger partial charge >= 0.3 is 0 Å². The summed E-state index contributed by atoms with van der Waals surface area (Å²) in [4.78, 5) is 16.9. The van der Waals surface area contributed by atoms with Crippen molar-refractivity contribution in [2.24, 2.45) is 5.41 Å². The summed E-state index contributed by atoms with van der Waals surface area (Å²) in [5.74, 6) is 0.0735. The van der Waals surface area contributed by atoms with Gasteiger partial charge in [-0.2, -0.15) is 0 Å². The molecule has 1 N–H and O–H groups in total. The Morgan fingerprint density at radius 2 is 1.72 bits per heavy atom. The van der Waals surface area contributed by atoms with Gasteiger partial charge in [-0.05, 0) is 60.2 Å². The molecule has 0 aliphatic rings. The van der Waals surface area contributed by atoms with Crippen LogP contribution in [0.4, 0.5) is 0 Å². The first-order valence-corrected chi connectivity index (χ1v) is 8.99. The van der Waals surface area contributed by atoms with Crippen molar-refractivity contribution in [3.05, 3.63) is 71.5 Å². The number of carbonyl (C=O) groups is 1. The van der Waals surface area contributed by atoms with Crippen molar-refractivity contribution in [2.75, 3.05) is 0 Å². The average molecular weight is 357 g/mol. The number of nitrogens with one attached hydrogen (secondary N) is 1. The van der Waals surface area contributed by atoms with Crippen LogP contribution in [-0.2, 0) is 11.3 Å². The number of hydrogen-bond donors (Lipinski definition) is 1. The molecular weight excluding hydrogens is 332 g/mol. The molecule has 1 amide bonds. The molecule has 2 aromatic rings. The standard InChI is InChI=1S/C21H25ClN2O/c1-4-21(5-2,14-16(3)18-6-8-19(22)9-7-18)20(25)24-15-17-10-12-23-13-11-17/h6-13H,3-5,14-15H2,1-2H3,(H,24,25). The van der Waals surface area contributed by atoms with Gasteiger partial charge in [-0.1, -0.05) is 44.2 Å². The maximum absolute atomic E-state index is 12.9. The maximum atomic E-state index is 12.9. The van der Waals surface area contributed by atoms with Crippen molar-refractivity contribution in [1.29, 1.82) is 0 Å². The number of rotatable bonds is 8. The van der Waals surface area contributed by atoms with E-state index in [1.807, 2.05) is 36.4 Å². The zero-order valence-corrected chi connectivity index (χ0v) is 15.6. The third-order valence-corrected chi connectivity index (χ3v) is 5.09. The van der Waals surface area contributed by atoms with Gasteiger partial charge in [0.15, 0.2) is 0 Å². The van der Waals surface area contributed by atoms with E-state index in [4.69, 9.17) is 11.6 Å². The number of amides is 1. The first kappa shape index (κ1) is 19.2. The number of nitrogens with zero attached hydrogens (tertiary/aromatic N) is 1. The molecule has 0 atom stereocenters. The molecule has 25 heavy (non-hydrogen) atoms. The van der Waals surface area contributed by atoms with E-state index >= 15 is 0 Å². The SMILES string of the molecule is C=C(CC(CC)(CC)C(=O)NCc1ccncc1)c1ccc(Cl)cc1. The molecule has 0 aliphatic heterocycles. The smallest absolute Gasteiger partial charge is 0.226 e. The first-order chi connectivity index (χ1) is 12.0. The minimum absolute atomic E-state index is 0.0735. The number of halogens is 1.